The summed E-state index contributed by atoms with van der Waals surface area (Å²) in [4.78, 5) is 50.3. The number of aryl methyl sites for hydroxylation is 3. The van der Waals surface area contributed by atoms with E-state index in [4.69, 9.17) is 23.7 Å². The van der Waals surface area contributed by atoms with Crippen molar-refractivity contribution >= 4 is 35.7 Å². The lowest BCUT2D eigenvalue weighted by Gasteiger charge is -2.07. The number of phosphoric ester groups is 1. The van der Waals surface area contributed by atoms with E-state index >= 15 is 0 Å². The predicted octanol–water partition coefficient (Wildman–Crippen LogP) is 7.20. The quantitative estimate of drug-likeness (QED) is 0.0751. The van der Waals surface area contributed by atoms with E-state index in [0.717, 1.165) is 48.6 Å². The topological polar surface area (TPSA) is 164 Å². The molecule has 0 unspecified atom stereocenters. The largest absolute Gasteiger partial charge is 0.524 e. The summed E-state index contributed by atoms with van der Waals surface area (Å²) in [6, 6.07) is 13.3. The van der Waals surface area contributed by atoms with E-state index in [-0.39, 0.29) is 17.0 Å². The molecule has 2 aromatic heterocycles. The van der Waals surface area contributed by atoms with Crippen LogP contribution in [-0.2, 0) is 15.8 Å². The monoisotopic (exact) mass is 614 g/mol. The van der Waals surface area contributed by atoms with E-state index in [1.165, 1.54) is 61.9 Å². The second-order valence-corrected chi connectivity index (χ2v) is 11.8. The van der Waals surface area contributed by atoms with E-state index in [0.29, 0.717) is 17.4 Å². The number of rotatable bonds is 14. The highest BCUT2D eigenvalue weighted by Crippen LogP contribution is 2.38. The summed E-state index contributed by atoms with van der Waals surface area (Å²) in [6.07, 6.45) is 11.6. The summed E-state index contributed by atoms with van der Waals surface area (Å²) in [5.74, 6) is -0.742. The minimum absolute atomic E-state index is 0.0559. The van der Waals surface area contributed by atoms with Crippen molar-refractivity contribution in [1.82, 2.24) is 0 Å². The maximum atomic E-state index is 11.5. The van der Waals surface area contributed by atoms with Crippen molar-refractivity contribution in [1.29, 1.82) is 0 Å². The summed E-state index contributed by atoms with van der Waals surface area (Å²) in [6.45, 7) is 3.67. The molecule has 0 fully saturated rings. The Morgan fingerprint density at radius 2 is 1.21 bits per heavy atom. The van der Waals surface area contributed by atoms with Crippen LogP contribution in [0, 0.1) is 13.8 Å². The molecule has 0 aliphatic carbocycles. The van der Waals surface area contributed by atoms with Gasteiger partial charge in [0.25, 0.3) is 0 Å². The summed E-state index contributed by atoms with van der Waals surface area (Å²) in [7, 11) is -4.61. The van der Waals surface area contributed by atoms with Gasteiger partial charge in [0.05, 0.1) is 0 Å². The third-order valence-electron chi connectivity index (χ3n) is 7.02. The smallest absolute Gasteiger partial charge is 0.481 e. The Bertz CT molecular complexity index is 1680. The van der Waals surface area contributed by atoms with Crippen LogP contribution in [0.2, 0.25) is 0 Å². The fourth-order valence-electron chi connectivity index (χ4n) is 4.87. The average Bonchev–Trinajstić information content (AvgIpc) is 2.90. The number of fused-ring (bicyclic) bond motifs is 2. The van der Waals surface area contributed by atoms with Gasteiger partial charge in [0.15, 0.2) is 0 Å². The standard InChI is InChI=1S/C22H30O4.C10H9O6P/c1-17-15-22(25)26-20-16-18(13-14-19(17)20)11-9-7-5-3-2-4-6-8-10-12-21(23)24;1-6-4-10(11)15-9-5-7(2-3-8(6)9)16-17(12,13)14/h13-16H,2-12H2,1H3,(H,23,24);2-5H,1H3,(H2,12,13,14). The van der Waals surface area contributed by atoms with Crippen molar-refractivity contribution < 1.29 is 37.6 Å². The highest BCUT2D eigenvalue weighted by atomic mass is 31.2. The molecule has 0 atom stereocenters. The van der Waals surface area contributed by atoms with Gasteiger partial charge in [-0.1, -0.05) is 57.1 Å². The predicted molar refractivity (Wildman–Crippen MR) is 165 cm³/mol. The summed E-state index contributed by atoms with van der Waals surface area (Å²) in [5, 5.41) is 10.3. The highest BCUT2D eigenvalue weighted by Gasteiger charge is 2.16. The van der Waals surface area contributed by atoms with Crippen LogP contribution in [0.3, 0.4) is 0 Å². The first-order valence-electron chi connectivity index (χ1n) is 14.5. The van der Waals surface area contributed by atoms with E-state index in [9.17, 15) is 18.9 Å². The minimum Gasteiger partial charge on any atom is -0.481 e. The number of hydrogen-bond acceptors (Lipinski definition) is 7. The maximum Gasteiger partial charge on any atom is 0.524 e. The molecule has 0 bridgehead atoms. The second kappa shape index (κ2) is 16.2. The number of carboxylic acid groups (broad SMARTS) is 1. The molecule has 2 heterocycles. The molecular weight excluding hydrogens is 575 g/mol. The first kappa shape index (κ1) is 33.8. The summed E-state index contributed by atoms with van der Waals surface area (Å²) < 4.78 is 25.3. The maximum absolute atomic E-state index is 11.5. The van der Waals surface area contributed by atoms with Gasteiger partial charge in [0.1, 0.15) is 16.9 Å². The van der Waals surface area contributed by atoms with Gasteiger partial charge in [-0.15, -0.1) is 0 Å². The molecule has 0 aliphatic heterocycles. The van der Waals surface area contributed by atoms with E-state index in [1.807, 2.05) is 19.1 Å². The number of phosphoric acid groups is 1. The molecule has 4 aromatic rings. The fourth-order valence-corrected chi connectivity index (χ4v) is 5.26. The SMILES string of the molecule is Cc1cc(=O)oc2cc(CCCCCCCCCCCC(=O)O)ccc12.Cc1cc(=O)oc2cc(OP(=O)(O)O)ccc12. The van der Waals surface area contributed by atoms with Crippen LogP contribution in [0.15, 0.2) is 67.0 Å². The zero-order valence-electron chi connectivity index (χ0n) is 24.5. The Labute approximate surface area is 249 Å². The third kappa shape index (κ3) is 11.8. The lowest BCUT2D eigenvalue weighted by Crippen LogP contribution is -1.98. The van der Waals surface area contributed by atoms with Gasteiger partial charge in [-0.25, -0.2) is 14.2 Å². The van der Waals surface area contributed by atoms with Gasteiger partial charge >= 0.3 is 25.0 Å². The number of aliphatic carboxylic acids is 1. The molecule has 0 amide bonds. The van der Waals surface area contributed by atoms with Crippen LogP contribution in [0.4, 0.5) is 0 Å². The third-order valence-corrected chi connectivity index (χ3v) is 7.47. The Morgan fingerprint density at radius 1 is 0.721 bits per heavy atom. The molecule has 0 aliphatic rings. The zero-order valence-corrected chi connectivity index (χ0v) is 25.4. The molecule has 3 N–H and O–H groups in total. The normalized spacial score (nSPS) is 11.3. The van der Waals surface area contributed by atoms with Crippen molar-refractivity contribution in [2.75, 3.05) is 0 Å². The lowest BCUT2D eigenvalue weighted by atomic mass is 10.0. The van der Waals surface area contributed by atoms with Crippen LogP contribution >= 0.6 is 7.82 Å². The Kier molecular flexibility index (Phi) is 12.7. The van der Waals surface area contributed by atoms with Crippen molar-refractivity contribution in [3.8, 4) is 5.75 Å². The molecule has 4 rings (SSSR count). The van der Waals surface area contributed by atoms with Crippen LogP contribution < -0.4 is 15.8 Å². The van der Waals surface area contributed by atoms with Crippen LogP contribution in [0.25, 0.3) is 21.9 Å². The van der Waals surface area contributed by atoms with Gasteiger partial charge in [0, 0.05) is 35.4 Å². The highest BCUT2D eigenvalue weighted by molar-refractivity contribution is 7.46. The number of unbranched alkanes of at least 4 members (excludes halogenated alkanes) is 8. The van der Waals surface area contributed by atoms with Crippen molar-refractivity contribution in [2.45, 2.75) is 84.5 Å². The summed E-state index contributed by atoms with van der Waals surface area (Å²) in [5.41, 5.74) is 3.02. The van der Waals surface area contributed by atoms with Crippen LogP contribution in [0.5, 0.6) is 5.75 Å². The lowest BCUT2D eigenvalue weighted by molar-refractivity contribution is -0.137. The Balaban J connectivity index is 0.000000257. The number of hydrogen-bond donors (Lipinski definition) is 3. The second-order valence-electron chi connectivity index (χ2n) is 10.6. The number of carbonyl (C=O) groups is 1. The van der Waals surface area contributed by atoms with Crippen LogP contribution in [-0.4, -0.2) is 20.9 Å². The number of benzene rings is 2. The number of carboxylic acids is 1. The first-order valence-corrected chi connectivity index (χ1v) is 16.0. The Morgan fingerprint density at radius 3 is 1.74 bits per heavy atom. The molecule has 43 heavy (non-hydrogen) atoms. The molecule has 0 radical (unpaired) electrons. The Hall–Kier alpha value is -3.72. The van der Waals surface area contributed by atoms with Crippen molar-refractivity contribution in [3.05, 3.63) is 86.1 Å². The van der Waals surface area contributed by atoms with E-state index < -0.39 is 19.4 Å². The minimum atomic E-state index is -4.61. The first-order chi connectivity index (χ1) is 20.4. The molecule has 11 heteroatoms. The van der Waals surface area contributed by atoms with Crippen molar-refractivity contribution in [2.24, 2.45) is 0 Å². The summed E-state index contributed by atoms with van der Waals surface area (Å²) >= 11 is 0. The van der Waals surface area contributed by atoms with E-state index in [2.05, 4.69) is 10.6 Å². The average molecular weight is 615 g/mol. The van der Waals surface area contributed by atoms with E-state index in [1.54, 1.807) is 13.0 Å². The molecule has 2 aromatic carbocycles. The molecule has 232 valence electrons. The van der Waals surface area contributed by atoms with Gasteiger partial charge < -0.3 is 18.5 Å². The molecule has 0 saturated heterocycles. The van der Waals surface area contributed by atoms with Gasteiger partial charge in [-0.05, 0) is 68.0 Å². The van der Waals surface area contributed by atoms with Crippen LogP contribution in [0.1, 0.15) is 80.9 Å². The molecule has 0 spiro atoms. The zero-order chi connectivity index (χ0) is 31.4. The van der Waals surface area contributed by atoms with Gasteiger partial charge in [-0.2, -0.15) is 0 Å². The van der Waals surface area contributed by atoms with Crippen molar-refractivity contribution in [3.63, 3.8) is 0 Å². The fraction of sp³-hybridized carbons (Fsp3) is 0.406. The molecule has 0 saturated carbocycles. The molecular formula is C32H39O10P. The van der Waals surface area contributed by atoms with Gasteiger partial charge in [0.2, 0.25) is 0 Å². The van der Waals surface area contributed by atoms with Gasteiger partial charge in [-0.3, -0.25) is 14.6 Å². The molecule has 10 nitrogen and oxygen atoms in total.